The van der Waals surface area contributed by atoms with E-state index in [-0.39, 0.29) is 0 Å². The van der Waals surface area contributed by atoms with Crippen molar-refractivity contribution in [1.82, 2.24) is 5.32 Å². The fraction of sp³-hybridized carbons (Fsp3) is 0.286. The Kier molecular flexibility index (Phi) is 5.75. The Morgan fingerprint density at radius 2 is 2.11 bits per heavy atom. The number of rotatable bonds is 5. The number of aliphatic hydroxyl groups excluding tert-OH is 1. The molecule has 0 bridgehead atoms. The SMILES string of the molecule is COC(=O)C(CO)NC(=O)/C=C/c1ccccc1C. The van der Waals surface area contributed by atoms with Crippen LogP contribution in [0.4, 0.5) is 0 Å². The van der Waals surface area contributed by atoms with Gasteiger partial charge >= 0.3 is 5.97 Å². The predicted molar refractivity (Wildman–Crippen MR) is 71.2 cm³/mol. The van der Waals surface area contributed by atoms with Gasteiger partial charge in [-0.15, -0.1) is 0 Å². The Bertz CT molecular complexity index is 482. The number of methoxy groups -OCH3 is 1. The van der Waals surface area contributed by atoms with Crippen LogP contribution >= 0.6 is 0 Å². The Hall–Kier alpha value is -2.14. The summed E-state index contributed by atoms with van der Waals surface area (Å²) in [5, 5.41) is 11.3. The van der Waals surface area contributed by atoms with Crippen LogP contribution < -0.4 is 5.32 Å². The smallest absolute Gasteiger partial charge is 0.330 e. The molecule has 0 aromatic heterocycles. The van der Waals surface area contributed by atoms with Gasteiger partial charge in [0.05, 0.1) is 13.7 Å². The summed E-state index contributed by atoms with van der Waals surface area (Å²) in [5.74, 6) is -1.15. The summed E-state index contributed by atoms with van der Waals surface area (Å²) in [6.07, 6.45) is 2.96. The quantitative estimate of drug-likeness (QED) is 0.604. The molecule has 1 unspecified atom stereocenters. The lowest BCUT2D eigenvalue weighted by molar-refractivity contribution is -0.145. The minimum atomic E-state index is -1.04. The average Bonchev–Trinajstić information content (AvgIpc) is 2.43. The van der Waals surface area contributed by atoms with Gasteiger partial charge in [-0.3, -0.25) is 4.79 Å². The number of carbonyl (C=O) groups excluding carboxylic acids is 2. The van der Waals surface area contributed by atoms with E-state index in [0.29, 0.717) is 0 Å². The molecule has 5 heteroatoms. The van der Waals surface area contributed by atoms with E-state index in [1.807, 2.05) is 31.2 Å². The number of nitrogens with one attached hydrogen (secondary N) is 1. The summed E-state index contributed by atoms with van der Waals surface area (Å²) in [6, 6.07) is 6.55. The lowest BCUT2D eigenvalue weighted by Gasteiger charge is -2.12. The van der Waals surface area contributed by atoms with Crippen molar-refractivity contribution < 1.29 is 19.4 Å². The molecule has 2 N–H and O–H groups in total. The van der Waals surface area contributed by atoms with E-state index < -0.39 is 24.5 Å². The first-order valence-corrected chi connectivity index (χ1v) is 5.81. The van der Waals surface area contributed by atoms with Gasteiger partial charge in [-0.2, -0.15) is 0 Å². The molecule has 0 spiro atoms. The molecule has 1 aromatic rings. The minimum absolute atomic E-state index is 0.465. The molecule has 1 aromatic carbocycles. The van der Waals surface area contributed by atoms with E-state index in [1.165, 1.54) is 13.2 Å². The van der Waals surface area contributed by atoms with Crippen molar-refractivity contribution in [1.29, 1.82) is 0 Å². The van der Waals surface area contributed by atoms with E-state index in [0.717, 1.165) is 11.1 Å². The normalized spacial score (nSPS) is 12.2. The van der Waals surface area contributed by atoms with Gasteiger partial charge in [0, 0.05) is 6.08 Å². The third-order valence-electron chi connectivity index (χ3n) is 2.59. The van der Waals surface area contributed by atoms with Gasteiger partial charge in [-0.1, -0.05) is 24.3 Å². The van der Waals surface area contributed by atoms with Gasteiger partial charge < -0.3 is 15.2 Å². The zero-order valence-corrected chi connectivity index (χ0v) is 10.9. The average molecular weight is 263 g/mol. The molecule has 5 nitrogen and oxygen atoms in total. The molecule has 102 valence electrons. The van der Waals surface area contributed by atoms with E-state index >= 15 is 0 Å². The summed E-state index contributed by atoms with van der Waals surface area (Å²) in [4.78, 5) is 22.8. The lowest BCUT2D eigenvalue weighted by atomic mass is 10.1. The number of ether oxygens (including phenoxy) is 1. The van der Waals surface area contributed by atoms with Gasteiger partial charge in [0.15, 0.2) is 6.04 Å². The standard InChI is InChI=1S/C14H17NO4/c1-10-5-3-4-6-11(10)7-8-13(17)15-12(9-16)14(18)19-2/h3-8,12,16H,9H2,1-2H3,(H,15,17)/b8-7+. The fourth-order valence-electron chi connectivity index (χ4n) is 1.48. The van der Waals surface area contributed by atoms with Gasteiger partial charge in [-0.05, 0) is 24.1 Å². The first kappa shape index (κ1) is 14.9. The highest BCUT2D eigenvalue weighted by Gasteiger charge is 2.18. The molecular formula is C14H17NO4. The highest BCUT2D eigenvalue weighted by atomic mass is 16.5. The molecule has 0 radical (unpaired) electrons. The number of aryl methyl sites for hydroxylation is 1. The van der Waals surface area contributed by atoms with Crippen molar-refractivity contribution in [3.8, 4) is 0 Å². The van der Waals surface area contributed by atoms with Crippen molar-refractivity contribution in [2.24, 2.45) is 0 Å². The molecule has 0 heterocycles. The van der Waals surface area contributed by atoms with Crippen LogP contribution in [0.25, 0.3) is 6.08 Å². The number of hydrogen-bond donors (Lipinski definition) is 2. The molecule has 0 aliphatic heterocycles. The molecule has 1 atom stereocenters. The van der Waals surface area contributed by atoms with E-state index in [1.54, 1.807) is 6.08 Å². The van der Waals surface area contributed by atoms with Crippen molar-refractivity contribution >= 4 is 18.0 Å². The molecule has 0 aliphatic carbocycles. The second-order valence-corrected chi connectivity index (χ2v) is 3.96. The Labute approximate surface area is 111 Å². The third kappa shape index (κ3) is 4.56. The van der Waals surface area contributed by atoms with Crippen LogP contribution in [0.5, 0.6) is 0 Å². The number of benzene rings is 1. The molecule has 0 saturated heterocycles. The van der Waals surface area contributed by atoms with Crippen LogP contribution in [-0.4, -0.2) is 36.7 Å². The number of hydrogen-bond acceptors (Lipinski definition) is 4. The zero-order chi connectivity index (χ0) is 14.3. The molecule has 1 amide bonds. The molecule has 0 fully saturated rings. The lowest BCUT2D eigenvalue weighted by Crippen LogP contribution is -2.43. The molecular weight excluding hydrogens is 246 g/mol. The highest BCUT2D eigenvalue weighted by Crippen LogP contribution is 2.08. The monoisotopic (exact) mass is 263 g/mol. The zero-order valence-electron chi connectivity index (χ0n) is 10.9. The van der Waals surface area contributed by atoms with Gasteiger partial charge in [0.1, 0.15) is 0 Å². The highest BCUT2D eigenvalue weighted by molar-refractivity contribution is 5.94. The van der Waals surface area contributed by atoms with Crippen LogP contribution in [0.2, 0.25) is 0 Å². The Balaban J connectivity index is 2.65. The topological polar surface area (TPSA) is 75.6 Å². The van der Waals surface area contributed by atoms with Gasteiger partial charge in [-0.25, -0.2) is 4.79 Å². The van der Waals surface area contributed by atoms with E-state index in [9.17, 15) is 9.59 Å². The summed E-state index contributed by atoms with van der Waals surface area (Å²) < 4.78 is 4.45. The number of carbonyl (C=O) groups is 2. The number of esters is 1. The van der Waals surface area contributed by atoms with Crippen molar-refractivity contribution in [2.75, 3.05) is 13.7 Å². The van der Waals surface area contributed by atoms with E-state index in [2.05, 4.69) is 10.1 Å². The Morgan fingerprint density at radius 1 is 1.42 bits per heavy atom. The van der Waals surface area contributed by atoms with Crippen LogP contribution in [0, 0.1) is 6.92 Å². The summed E-state index contributed by atoms with van der Waals surface area (Å²) >= 11 is 0. The summed E-state index contributed by atoms with van der Waals surface area (Å²) in [7, 11) is 1.19. The molecule has 19 heavy (non-hydrogen) atoms. The number of aliphatic hydroxyl groups is 1. The largest absolute Gasteiger partial charge is 0.467 e. The first-order valence-electron chi connectivity index (χ1n) is 5.81. The maximum Gasteiger partial charge on any atom is 0.330 e. The van der Waals surface area contributed by atoms with Gasteiger partial charge in [0.2, 0.25) is 5.91 Å². The third-order valence-corrected chi connectivity index (χ3v) is 2.59. The second kappa shape index (κ2) is 7.33. The van der Waals surface area contributed by atoms with Gasteiger partial charge in [0.25, 0.3) is 0 Å². The summed E-state index contributed by atoms with van der Waals surface area (Å²) in [6.45, 7) is 1.43. The second-order valence-electron chi connectivity index (χ2n) is 3.96. The van der Waals surface area contributed by atoms with E-state index in [4.69, 9.17) is 5.11 Å². The van der Waals surface area contributed by atoms with Crippen LogP contribution in [0.3, 0.4) is 0 Å². The molecule has 1 rings (SSSR count). The first-order chi connectivity index (χ1) is 9.08. The number of amides is 1. The minimum Gasteiger partial charge on any atom is -0.467 e. The fourth-order valence-corrected chi connectivity index (χ4v) is 1.48. The molecule has 0 aliphatic rings. The Morgan fingerprint density at radius 3 is 2.68 bits per heavy atom. The maximum atomic E-state index is 11.6. The predicted octanol–water partition coefficient (Wildman–Crippen LogP) is 0.658. The van der Waals surface area contributed by atoms with Crippen LogP contribution in [0.1, 0.15) is 11.1 Å². The molecule has 0 saturated carbocycles. The van der Waals surface area contributed by atoms with Crippen molar-refractivity contribution in [2.45, 2.75) is 13.0 Å². The maximum absolute atomic E-state index is 11.6. The van der Waals surface area contributed by atoms with Crippen LogP contribution in [0.15, 0.2) is 30.3 Å². The van der Waals surface area contributed by atoms with Crippen LogP contribution in [-0.2, 0) is 14.3 Å². The summed E-state index contributed by atoms with van der Waals surface area (Å²) in [5.41, 5.74) is 1.95. The van der Waals surface area contributed by atoms with Crippen molar-refractivity contribution in [3.05, 3.63) is 41.5 Å². The van der Waals surface area contributed by atoms with Crippen molar-refractivity contribution in [3.63, 3.8) is 0 Å².